The first-order chi connectivity index (χ1) is 9.90. The molecule has 1 heterocycles. The molecule has 0 unspecified atom stereocenters. The third-order valence-corrected chi connectivity index (χ3v) is 3.73. The highest BCUT2D eigenvalue weighted by Crippen LogP contribution is 2.07. The third-order valence-electron chi connectivity index (χ3n) is 3.73. The van der Waals surface area contributed by atoms with E-state index >= 15 is 0 Å². The van der Waals surface area contributed by atoms with Crippen LogP contribution >= 0.6 is 0 Å². The number of hydrogen-bond donors (Lipinski definition) is 1. The molecule has 0 radical (unpaired) electrons. The minimum Gasteiger partial charge on any atom is -0.444 e. The van der Waals surface area contributed by atoms with Gasteiger partial charge < -0.3 is 19.9 Å². The highest BCUT2D eigenvalue weighted by molar-refractivity contribution is 5.67. The lowest BCUT2D eigenvalue weighted by molar-refractivity contribution is 0.0526. The van der Waals surface area contributed by atoms with Crippen molar-refractivity contribution in [3.8, 4) is 0 Å². The molecule has 1 aliphatic heterocycles. The van der Waals surface area contributed by atoms with Gasteiger partial charge in [-0.15, -0.1) is 0 Å². The van der Waals surface area contributed by atoms with Crippen molar-refractivity contribution in [3.63, 3.8) is 0 Å². The maximum absolute atomic E-state index is 11.5. The molecule has 1 saturated heterocycles. The Morgan fingerprint density at radius 1 is 1.05 bits per heavy atom. The Morgan fingerprint density at radius 2 is 1.67 bits per heavy atom. The summed E-state index contributed by atoms with van der Waals surface area (Å²) in [5.74, 6) is 0. The van der Waals surface area contributed by atoms with Crippen molar-refractivity contribution in [3.05, 3.63) is 0 Å². The van der Waals surface area contributed by atoms with Crippen molar-refractivity contribution in [1.29, 1.82) is 0 Å². The number of hydrogen-bond acceptors (Lipinski definition) is 4. The minimum atomic E-state index is -0.412. The van der Waals surface area contributed by atoms with Gasteiger partial charge in [0.1, 0.15) is 5.60 Å². The predicted molar refractivity (Wildman–Crippen MR) is 86.6 cm³/mol. The highest BCUT2D eigenvalue weighted by Gasteiger charge is 2.16. The van der Waals surface area contributed by atoms with Crippen LogP contribution in [0.15, 0.2) is 0 Å². The summed E-state index contributed by atoms with van der Waals surface area (Å²) >= 11 is 0. The number of carbonyl (C=O) groups is 1. The summed E-state index contributed by atoms with van der Waals surface area (Å²) in [5, 5.41) is 2.81. The number of carbonyl (C=O) groups excluding carboxylic acids is 1. The summed E-state index contributed by atoms with van der Waals surface area (Å²) < 4.78 is 5.20. The van der Waals surface area contributed by atoms with E-state index in [-0.39, 0.29) is 6.09 Å². The van der Waals surface area contributed by atoms with E-state index in [1.807, 2.05) is 20.8 Å². The Hall–Kier alpha value is -0.810. The molecule has 1 fully saturated rings. The number of nitrogens with zero attached hydrogens (tertiary/aromatic N) is 2. The second-order valence-corrected chi connectivity index (χ2v) is 6.77. The fraction of sp³-hybridized carbons (Fsp3) is 0.938. The van der Waals surface area contributed by atoms with E-state index in [1.165, 1.54) is 45.7 Å². The molecule has 0 aromatic carbocycles. The molecule has 1 rings (SSSR count). The Morgan fingerprint density at radius 3 is 2.24 bits per heavy atom. The first-order valence-corrected chi connectivity index (χ1v) is 8.32. The minimum absolute atomic E-state index is 0.307. The lowest BCUT2D eigenvalue weighted by Gasteiger charge is -2.33. The van der Waals surface area contributed by atoms with Gasteiger partial charge in [0.05, 0.1) is 0 Å². The number of amides is 1. The number of rotatable bonds is 7. The van der Waals surface area contributed by atoms with Crippen LogP contribution in [0.5, 0.6) is 0 Å². The molecule has 124 valence electrons. The van der Waals surface area contributed by atoms with Gasteiger partial charge in [0, 0.05) is 32.7 Å². The van der Waals surface area contributed by atoms with Gasteiger partial charge >= 0.3 is 6.09 Å². The molecule has 1 aliphatic rings. The molecule has 0 aromatic heterocycles. The molecule has 0 bridgehead atoms. The van der Waals surface area contributed by atoms with Gasteiger partial charge in [-0.05, 0) is 46.7 Å². The van der Waals surface area contributed by atoms with E-state index in [9.17, 15) is 4.79 Å². The SMILES string of the molecule is CCN1CCN(CCCCCNC(=O)OC(C)(C)C)CC1. The zero-order valence-electron chi connectivity index (χ0n) is 14.3. The summed E-state index contributed by atoms with van der Waals surface area (Å²) in [5.41, 5.74) is -0.412. The maximum atomic E-state index is 11.5. The fourth-order valence-corrected chi connectivity index (χ4v) is 2.47. The van der Waals surface area contributed by atoms with E-state index in [1.54, 1.807) is 0 Å². The summed E-state index contributed by atoms with van der Waals surface area (Å²) in [6.45, 7) is 15.7. The van der Waals surface area contributed by atoms with E-state index in [0.717, 1.165) is 12.8 Å². The zero-order valence-corrected chi connectivity index (χ0v) is 14.3. The van der Waals surface area contributed by atoms with Gasteiger partial charge in [0.2, 0.25) is 0 Å². The van der Waals surface area contributed by atoms with Gasteiger partial charge in [0.15, 0.2) is 0 Å². The number of unbranched alkanes of at least 4 members (excludes halogenated alkanes) is 2. The Balaban J connectivity index is 1.94. The second-order valence-electron chi connectivity index (χ2n) is 6.77. The van der Waals surface area contributed by atoms with E-state index in [0.29, 0.717) is 6.54 Å². The second kappa shape index (κ2) is 9.26. The van der Waals surface area contributed by atoms with Gasteiger partial charge in [-0.3, -0.25) is 0 Å². The Bertz CT molecular complexity index is 294. The molecule has 0 spiro atoms. The monoisotopic (exact) mass is 299 g/mol. The standard InChI is InChI=1S/C16H33N3O2/c1-5-18-11-13-19(14-12-18)10-8-6-7-9-17-15(20)21-16(2,3)4/h5-14H2,1-4H3,(H,17,20). The van der Waals surface area contributed by atoms with Crippen LogP contribution in [-0.4, -0.2) is 67.3 Å². The van der Waals surface area contributed by atoms with Crippen molar-refractivity contribution in [2.75, 3.05) is 45.8 Å². The van der Waals surface area contributed by atoms with E-state index in [4.69, 9.17) is 4.74 Å². The normalized spacial score (nSPS) is 17.7. The average molecular weight is 299 g/mol. The van der Waals surface area contributed by atoms with Gasteiger partial charge in [0.25, 0.3) is 0 Å². The molecule has 0 aromatic rings. The molecule has 0 saturated carbocycles. The lowest BCUT2D eigenvalue weighted by Crippen LogP contribution is -2.46. The first kappa shape index (κ1) is 18.2. The summed E-state index contributed by atoms with van der Waals surface area (Å²) in [6.07, 6.45) is 3.08. The van der Waals surface area contributed by atoms with Gasteiger partial charge in [-0.2, -0.15) is 0 Å². The molecule has 1 amide bonds. The van der Waals surface area contributed by atoms with Gasteiger partial charge in [-0.25, -0.2) is 4.79 Å². The summed E-state index contributed by atoms with van der Waals surface area (Å²) in [6, 6.07) is 0. The molecule has 21 heavy (non-hydrogen) atoms. The van der Waals surface area contributed by atoms with Crippen molar-refractivity contribution >= 4 is 6.09 Å². The van der Waals surface area contributed by atoms with Gasteiger partial charge in [-0.1, -0.05) is 13.3 Å². The molecular formula is C16H33N3O2. The number of ether oxygens (including phenoxy) is 1. The Kier molecular flexibility index (Phi) is 8.04. The molecule has 5 nitrogen and oxygen atoms in total. The van der Waals surface area contributed by atoms with Crippen molar-refractivity contribution in [2.45, 2.75) is 52.6 Å². The van der Waals surface area contributed by atoms with Crippen molar-refractivity contribution in [2.24, 2.45) is 0 Å². The lowest BCUT2D eigenvalue weighted by atomic mass is 10.2. The topological polar surface area (TPSA) is 44.8 Å². The molecule has 0 aliphatic carbocycles. The quantitative estimate of drug-likeness (QED) is 0.733. The van der Waals surface area contributed by atoms with Crippen molar-refractivity contribution < 1.29 is 9.53 Å². The van der Waals surface area contributed by atoms with E-state index < -0.39 is 5.60 Å². The van der Waals surface area contributed by atoms with Crippen LogP contribution < -0.4 is 5.32 Å². The zero-order chi connectivity index (χ0) is 15.7. The fourth-order valence-electron chi connectivity index (χ4n) is 2.47. The molecule has 0 atom stereocenters. The average Bonchev–Trinajstić information content (AvgIpc) is 2.41. The van der Waals surface area contributed by atoms with Crippen LogP contribution in [0.3, 0.4) is 0 Å². The van der Waals surface area contributed by atoms with Crippen LogP contribution in [0, 0.1) is 0 Å². The third kappa shape index (κ3) is 8.94. The van der Waals surface area contributed by atoms with Crippen LogP contribution in [0.25, 0.3) is 0 Å². The smallest absolute Gasteiger partial charge is 0.407 e. The number of alkyl carbamates (subject to hydrolysis) is 1. The molecular weight excluding hydrogens is 266 g/mol. The summed E-state index contributed by atoms with van der Waals surface area (Å²) in [4.78, 5) is 16.5. The number of piperazine rings is 1. The van der Waals surface area contributed by atoms with Crippen LogP contribution in [-0.2, 0) is 4.74 Å². The van der Waals surface area contributed by atoms with Crippen LogP contribution in [0.2, 0.25) is 0 Å². The van der Waals surface area contributed by atoms with Crippen molar-refractivity contribution in [1.82, 2.24) is 15.1 Å². The number of likely N-dealkylation sites (N-methyl/N-ethyl adjacent to an activating group) is 1. The number of nitrogens with one attached hydrogen (secondary N) is 1. The highest BCUT2D eigenvalue weighted by atomic mass is 16.6. The molecule has 5 heteroatoms. The van der Waals surface area contributed by atoms with Crippen LogP contribution in [0.1, 0.15) is 47.0 Å². The van der Waals surface area contributed by atoms with Crippen LogP contribution in [0.4, 0.5) is 4.79 Å². The Labute approximate surface area is 130 Å². The molecule has 1 N–H and O–H groups in total. The van der Waals surface area contributed by atoms with E-state index in [2.05, 4.69) is 22.0 Å². The summed E-state index contributed by atoms with van der Waals surface area (Å²) in [7, 11) is 0. The predicted octanol–water partition coefficient (Wildman–Crippen LogP) is 2.32. The maximum Gasteiger partial charge on any atom is 0.407 e. The first-order valence-electron chi connectivity index (χ1n) is 8.32. The largest absolute Gasteiger partial charge is 0.444 e.